The lowest BCUT2D eigenvalue weighted by Gasteiger charge is -2.13. The van der Waals surface area contributed by atoms with Crippen LogP contribution >= 0.6 is 12.4 Å². The molecule has 0 saturated carbocycles. The highest BCUT2D eigenvalue weighted by molar-refractivity contribution is 5.85. The van der Waals surface area contributed by atoms with Gasteiger partial charge in [0.1, 0.15) is 5.82 Å². The average Bonchev–Trinajstić information content (AvgIpc) is 2.50. The Balaban J connectivity index is 0.00000264. The molecule has 0 heterocycles. The molecule has 0 radical (unpaired) electrons. The topological polar surface area (TPSA) is 55.1 Å². The van der Waals surface area contributed by atoms with Gasteiger partial charge in [-0.25, -0.2) is 4.39 Å². The standard InChI is InChI=1S/C18H21FN2O.ClH/c1-13-11-16(19)8-7-15(13)9-10-21-18(22)17(20)12-14-5-3-2-4-6-14;/h2-8,11,17H,9-10,12,20H2,1H3,(H,21,22);1H. The molecule has 3 N–H and O–H groups in total. The summed E-state index contributed by atoms with van der Waals surface area (Å²) in [5.41, 5.74) is 8.88. The molecule has 1 amide bonds. The van der Waals surface area contributed by atoms with Gasteiger partial charge in [-0.3, -0.25) is 4.79 Å². The maximum absolute atomic E-state index is 13.0. The summed E-state index contributed by atoms with van der Waals surface area (Å²) in [4.78, 5) is 12.0. The molecule has 0 fully saturated rings. The zero-order valence-electron chi connectivity index (χ0n) is 13.1. The first-order valence-corrected chi connectivity index (χ1v) is 7.38. The van der Waals surface area contributed by atoms with Crippen molar-refractivity contribution < 1.29 is 9.18 Å². The summed E-state index contributed by atoms with van der Waals surface area (Å²) in [7, 11) is 0. The Morgan fingerprint density at radius 1 is 1.22 bits per heavy atom. The number of halogens is 2. The molecule has 23 heavy (non-hydrogen) atoms. The number of amides is 1. The van der Waals surface area contributed by atoms with Crippen molar-refractivity contribution in [2.45, 2.75) is 25.8 Å². The van der Waals surface area contributed by atoms with Crippen molar-refractivity contribution >= 4 is 18.3 Å². The fourth-order valence-electron chi connectivity index (χ4n) is 2.35. The molecule has 2 aromatic carbocycles. The molecule has 0 aliphatic rings. The Hall–Kier alpha value is -1.91. The van der Waals surface area contributed by atoms with Crippen LogP contribution in [0.3, 0.4) is 0 Å². The van der Waals surface area contributed by atoms with Gasteiger partial charge in [0.25, 0.3) is 0 Å². The quantitative estimate of drug-likeness (QED) is 0.852. The van der Waals surface area contributed by atoms with Gasteiger partial charge in [0.15, 0.2) is 0 Å². The molecule has 2 aromatic rings. The average molecular weight is 337 g/mol. The molecule has 0 aliphatic heterocycles. The maximum atomic E-state index is 13.0. The first kappa shape index (κ1) is 19.1. The van der Waals surface area contributed by atoms with E-state index >= 15 is 0 Å². The smallest absolute Gasteiger partial charge is 0.237 e. The van der Waals surface area contributed by atoms with Crippen LogP contribution in [0.15, 0.2) is 48.5 Å². The Bertz CT molecular complexity index is 634. The van der Waals surface area contributed by atoms with Gasteiger partial charge >= 0.3 is 0 Å². The second kappa shape index (κ2) is 9.28. The number of carbonyl (C=O) groups excluding carboxylic acids is 1. The molecule has 0 bridgehead atoms. The summed E-state index contributed by atoms with van der Waals surface area (Å²) in [6.45, 7) is 2.36. The zero-order valence-corrected chi connectivity index (χ0v) is 13.9. The lowest BCUT2D eigenvalue weighted by molar-refractivity contribution is -0.122. The minimum atomic E-state index is -0.559. The van der Waals surface area contributed by atoms with Crippen LogP contribution in [0.1, 0.15) is 16.7 Å². The van der Waals surface area contributed by atoms with E-state index in [9.17, 15) is 9.18 Å². The summed E-state index contributed by atoms with van der Waals surface area (Å²) in [5, 5.41) is 2.84. The van der Waals surface area contributed by atoms with Crippen LogP contribution in [-0.2, 0) is 17.6 Å². The number of nitrogens with one attached hydrogen (secondary N) is 1. The normalized spacial score (nSPS) is 11.4. The van der Waals surface area contributed by atoms with Gasteiger partial charge in [0, 0.05) is 6.54 Å². The number of hydrogen-bond donors (Lipinski definition) is 2. The number of benzene rings is 2. The van der Waals surface area contributed by atoms with E-state index in [1.807, 2.05) is 37.3 Å². The fourth-order valence-corrected chi connectivity index (χ4v) is 2.35. The highest BCUT2D eigenvalue weighted by Gasteiger charge is 2.13. The van der Waals surface area contributed by atoms with Gasteiger partial charge in [-0.1, -0.05) is 36.4 Å². The van der Waals surface area contributed by atoms with Crippen molar-refractivity contribution in [1.29, 1.82) is 0 Å². The Morgan fingerprint density at radius 3 is 2.57 bits per heavy atom. The number of carbonyl (C=O) groups is 1. The molecule has 124 valence electrons. The summed E-state index contributed by atoms with van der Waals surface area (Å²) in [6.07, 6.45) is 1.18. The van der Waals surface area contributed by atoms with Gasteiger partial charge in [0.05, 0.1) is 6.04 Å². The highest BCUT2D eigenvalue weighted by Crippen LogP contribution is 2.10. The lowest BCUT2D eigenvalue weighted by atomic mass is 10.0. The van der Waals surface area contributed by atoms with E-state index in [0.29, 0.717) is 19.4 Å². The first-order chi connectivity index (χ1) is 10.6. The van der Waals surface area contributed by atoms with Gasteiger partial charge in [-0.15, -0.1) is 12.4 Å². The summed E-state index contributed by atoms with van der Waals surface area (Å²) < 4.78 is 13.0. The Kier molecular flexibility index (Phi) is 7.72. The van der Waals surface area contributed by atoms with Crippen molar-refractivity contribution in [3.05, 3.63) is 71.0 Å². The van der Waals surface area contributed by atoms with Crippen molar-refractivity contribution in [2.75, 3.05) is 6.54 Å². The minimum absolute atomic E-state index is 0. The number of rotatable bonds is 6. The third-order valence-electron chi connectivity index (χ3n) is 3.63. The molecular weight excluding hydrogens is 315 g/mol. The molecule has 0 aliphatic carbocycles. The van der Waals surface area contributed by atoms with E-state index < -0.39 is 6.04 Å². The van der Waals surface area contributed by atoms with Gasteiger partial charge in [-0.2, -0.15) is 0 Å². The SMILES string of the molecule is Cc1cc(F)ccc1CCNC(=O)C(N)Cc1ccccc1.Cl. The highest BCUT2D eigenvalue weighted by atomic mass is 35.5. The van der Waals surface area contributed by atoms with Crippen LogP contribution in [0, 0.1) is 12.7 Å². The molecule has 1 unspecified atom stereocenters. The Morgan fingerprint density at radius 2 is 1.91 bits per heavy atom. The molecule has 3 nitrogen and oxygen atoms in total. The predicted molar refractivity (Wildman–Crippen MR) is 93.2 cm³/mol. The third-order valence-corrected chi connectivity index (χ3v) is 3.63. The molecule has 5 heteroatoms. The van der Waals surface area contributed by atoms with Crippen LogP contribution in [-0.4, -0.2) is 18.5 Å². The van der Waals surface area contributed by atoms with E-state index in [0.717, 1.165) is 16.7 Å². The predicted octanol–water partition coefficient (Wildman–Crippen LogP) is 2.78. The lowest BCUT2D eigenvalue weighted by Crippen LogP contribution is -2.42. The van der Waals surface area contributed by atoms with Crippen LogP contribution in [0.25, 0.3) is 0 Å². The van der Waals surface area contributed by atoms with E-state index in [4.69, 9.17) is 5.73 Å². The van der Waals surface area contributed by atoms with Crippen molar-refractivity contribution in [1.82, 2.24) is 5.32 Å². The monoisotopic (exact) mass is 336 g/mol. The van der Waals surface area contributed by atoms with E-state index in [-0.39, 0.29) is 24.1 Å². The number of aryl methyl sites for hydroxylation is 1. The molecule has 0 aromatic heterocycles. The van der Waals surface area contributed by atoms with E-state index in [1.165, 1.54) is 12.1 Å². The number of hydrogen-bond acceptors (Lipinski definition) is 2. The second-order valence-electron chi connectivity index (χ2n) is 5.41. The van der Waals surface area contributed by atoms with Crippen LogP contribution in [0.5, 0.6) is 0 Å². The van der Waals surface area contributed by atoms with Crippen molar-refractivity contribution in [2.24, 2.45) is 5.73 Å². The summed E-state index contributed by atoms with van der Waals surface area (Å²) >= 11 is 0. The molecular formula is C18H22ClFN2O. The number of nitrogens with two attached hydrogens (primary N) is 1. The van der Waals surface area contributed by atoms with Gasteiger partial charge < -0.3 is 11.1 Å². The Labute approximate surface area is 142 Å². The minimum Gasteiger partial charge on any atom is -0.354 e. The van der Waals surface area contributed by atoms with Crippen LogP contribution < -0.4 is 11.1 Å². The van der Waals surface area contributed by atoms with Crippen LogP contribution in [0.4, 0.5) is 4.39 Å². The maximum Gasteiger partial charge on any atom is 0.237 e. The van der Waals surface area contributed by atoms with Crippen molar-refractivity contribution in [3.8, 4) is 0 Å². The van der Waals surface area contributed by atoms with Gasteiger partial charge in [-0.05, 0) is 48.6 Å². The largest absolute Gasteiger partial charge is 0.354 e. The van der Waals surface area contributed by atoms with Gasteiger partial charge in [0.2, 0.25) is 5.91 Å². The molecule has 0 saturated heterocycles. The second-order valence-corrected chi connectivity index (χ2v) is 5.41. The molecule has 2 rings (SSSR count). The summed E-state index contributed by atoms with van der Waals surface area (Å²) in [6, 6.07) is 13.8. The van der Waals surface area contributed by atoms with Crippen LogP contribution in [0.2, 0.25) is 0 Å². The van der Waals surface area contributed by atoms with E-state index in [2.05, 4.69) is 5.32 Å². The zero-order chi connectivity index (χ0) is 15.9. The molecule has 0 spiro atoms. The van der Waals surface area contributed by atoms with Crippen molar-refractivity contribution in [3.63, 3.8) is 0 Å². The third kappa shape index (κ3) is 6.00. The fraction of sp³-hybridized carbons (Fsp3) is 0.278. The first-order valence-electron chi connectivity index (χ1n) is 7.38. The molecule has 1 atom stereocenters. The summed E-state index contributed by atoms with van der Waals surface area (Å²) in [5.74, 6) is -0.404. The van der Waals surface area contributed by atoms with E-state index in [1.54, 1.807) is 6.07 Å².